The number of carbonyl (C=O) groups is 9. The number of halogens is 1. The number of anilines is 3. The summed E-state index contributed by atoms with van der Waals surface area (Å²) in [5, 5.41) is 19.2. The van der Waals surface area contributed by atoms with E-state index in [2.05, 4.69) is 41.8 Å². The van der Waals surface area contributed by atoms with Crippen molar-refractivity contribution in [1.29, 1.82) is 0 Å². The van der Waals surface area contributed by atoms with Crippen LogP contribution in [0.4, 0.5) is 26.7 Å². The Morgan fingerprint density at radius 3 is 2.20 bits per heavy atom. The summed E-state index contributed by atoms with van der Waals surface area (Å²) in [7, 11) is 2.01. The topological polar surface area (TPSA) is 290 Å². The number of benzene rings is 4. The van der Waals surface area contributed by atoms with E-state index < -0.39 is 53.7 Å². The van der Waals surface area contributed by atoms with E-state index in [1.807, 2.05) is 45.2 Å². The van der Waals surface area contributed by atoms with Gasteiger partial charge in [-0.05, 0) is 91.7 Å². The molecule has 9 N–H and O–H groups in total. The van der Waals surface area contributed by atoms with E-state index in [4.69, 9.17) is 22.1 Å². The van der Waals surface area contributed by atoms with Gasteiger partial charge in [0.15, 0.2) is 0 Å². The van der Waals surface area contributed by atoms with Crippen molar-refractivity contribution in [2.45, 2.75) is 57.5 Å². The van der Waals surface area contributed by atoms with Crippen molar-refractivity contribution in [3.8, 4) is 5.75 Å². The number of fused-ring (bicyclic) bond motifs is 4. The molecule has 0 radical (unpaired) electrons. The average Bonchev–Trinajstić information content (AvgIpc) is 4.36. The molecule has 3 atom stereocenters. The number of primary amides is 1. The molecule has 22 nitrogen and oxygen atoms in total. The molecule has 416 valence electrons. The van der Waals surface area contributed by atoms with Crippen molar-refractivity contribution in [2.75, 3.05) is 87.4 Å². The number of H-pyrrole nitrogens is 1. The minimum Gasteiger partial charge on any atom is -0.409 e. The molecule has 79 heavy (non-hydrogen) atoms. The maximum Gasteiger partial charge on any atom is 0.415 e. The van der Waals surface area contributed by atoms with Crippen molar-refractivity contribution in [1.82, 2.24) is 41.0 Å². The third-order valence-corrected chi connectivity index (χ3v) is 14.5. The molecule has 0 bridgehead atoms. The molecule has 3 unspecified atom stereocenters. The van der Waals surface area contributed by atoms with Crippen molar-refractivity contribution in [3.05, 3.63) is 108 Å². The number of rotatable bonds is 22. The van der Waals surface area contributed by atoms with Crippen LogP contribution in [0.2, 0.25) is 0 Å². The summed E-state index contributed by atoms with van der Waals surface area (Å²) in [6, 6.07) is 20.0. The predicted octanol–water partition coefficient (Wildman–Crippen LogP) is 4.61. The number of alkyl halides is 1. The lowest BCUT2D eigenvalue weighted by Crippen LogP contribution is -2.54. The van der Waals surface area contributed by atoms with Crippen LogP contribution in [0.25, 0.3) is 21.7 Å². The first-order chi connectivity index (χ1) is 38.0. The molecule has 4 aromatic carbocycles. The molecule has 8 rings (SSSR count). The lowest BCUT2D eigenvalue weighted by molar-refractivity contribution is -0.137. The predicted molar refractivity (Wildman–Crippen MR) is 299 cm³/mol. The van der Waals surface area contributed by atoms with Gasteiger partial charge in [-0.25, -0.2) is 9.59 Å². The first-order valence-corrected chi connectivity index (χ1v) is 26.8. The van der Waals surface area contributed by atoms with E-state index in [0.29, 0.717) is 71.9 Å². The molecule has 23 heteroatoms. The number of imide groups is 1. The van der Waals surface area contributed by atoms with Gasteiger partial charge in [-0.2, -0.15) is 0 Å². The Morgan fingerprint density at radius 1 is 0.797 bits per heavy atom. The van der Waals surface area contributed by atoms with Crippen molar-refractivity contribution in [2.24, 2.45) is 11.7 Å². The SMILES string of the molecule is CC(C)C(NCCNC(=O)CCCN1C(=O)C=CC1=O)C(=O)NC(CCCNC(N)=O)C(=O)Nc1ccc(C(=O)Nc2ccc3[nH]c(C(=O)N4CC(CCl)c5c4cc(OC(=O)N4CCN(C)CC4)c4ccccc54)cc3c2)cc1. The Labute approximate surface area is 461 Å². The van der Waals surface area contributed by atoms with Crippen LogP contribution in [0.15, 0.2) is 91.0 Å². The van der Waals surface area contributed by atoms with Crippen LogP contribution in [-0.2, 0) is 24.0 Å². The fourth-order valence-electron chi connectivity index (χ4n) is 9.82. The van der Waals surface area contributed by atoms with Crippen LogP contribution in [0.1, 0.15) is 71.9 Å². The fourth-order valence-corrected chi connectivity index (χ4v) is 10.1. The number of carbonyl (C=O) groups excluding carboxylic acids is 9. The first kappa shape index (κ1) is 56.9. The monoisotopic (exact) mass is 1100 g/mol. The van der Waals surface area contributed by atoms with Crippen LogP contribution in [-0.4, -0.2) is 157 Å². The summed E-state index contributed by atoms with van der Waals surface area (Å²) in [6.07, 6.45) is 2.75. The second-order valence-corrected chi connectivity index (χ2v) is 20.4. The number of hydrogen-bond acceptors (Lipinski definition) is 12. The molecular formula is C56H65ClN12O10. The van der Waals surface area contributed by atoms with Crippen LogP contribution in [0.5, 0.6) is 5.75 Å². The Balaban J connectivity index is 0.871. The Morgan fingerprint density at radius 2 is 1.51 bits per heavy atom. The second-order valence-electron chi connectivity index (χ2n) is 20.1. The van der Waals surface area contributed by atoms with E-state index in [1.165, 1.54) is 24.3 Å². The molecule has 1 saturated heterocycles. The molecule has 3 aliphatic heterocycles. The highest BCUT2D eigenvalue weighted by atomic mass is 35.5. The van der Waals surface area contributed by atoms with Gasteiger partial charge in [0.05, 0.1) is 11.7 Å². The van der Waals surface area contributed by atoms with Gasteiger partial charge in [0.25, 0.3) is 23.6 Å². The van der Waals surface area contributed by atoms with Crippen LogP contribution < -0.4 is 47.3 Å². The quantitative estimate of drug-likeness (QED) is 0.0268. The molecule has 0 spiro atoms. The average molecular weight is 1100 g/mol. The lowest BCUT2D eigenvalue weighted by Gasteiger charge is -2.31. The van der Waals surface area contributed by atoms with Crippen molar-refractivity contribution < 1.29 is 47.9 Å². The standard InChI is InChI=1S/C56H65ClN12O10/c1-33(2)50(60-22-21-59-46(70)11-7-23-68-47(71)18-19-48(68)72)53(75)65-42(10-6-20-61-55(58)77)52(74)62-37-14-12-34(13-15-37)51(73)63-38-16-17-41-35(28-38)29-43(64-41)54(76)69-32-36(31-57)49-40-9-5-4-8-39(40)45(30-44(49)69)79-56(78)67-26-24-66(3)25-27-67/h4-5,8-9,12-19,28-30,33,36,42,50,60,64H,6-7,10-11,20-27,31-32H2,1-3H3,(H,59,70)(H,62,74)(H,63,73)(H,65,75)(H3,58,61,77). The van der Waals surface area contributed by atoms with Crippen LogP contribution >= 0.6 is 11.6 Å². The van der Waals surface area contributed by atoms with E-state index in [0.717, 1.165) is 34.3 Å². The van der Waals surface area contributed by atoms with E-state index >= 15 is 0 Å². The smallest absolute Gasteiger partial charge is 0.409 e. The molecule has 10 amide bonds. The zero-order valence-corrected chi connectivity index (χ0v) is 45.0. The lowest BCUT2D eigenvalue weighted by atomic mass is 9.95. The largest absolute Gasteiger partial charge is 0.415 e. The number of aromatic amines is 1. The van der Waals surface area contributed by atoms with Gasteiger partial charge in [-0.15, -0.1) is 11.6 Å². The highest BCUT2D eigenvalue weighted by Crippen LogP contribution is 2.46. The first-order valence-electron chi connectivity index (χ1n) is 26.3. The number of nitrogens with zero attached hydrogens (tertiary/aromatic N) is 4. The number of urea groups is 1. The van der Waals surface area contributed by atoms with E-state index in [9.17, 15) is 43.2 Å². The van der Waals surface area contributed by atoms with E-state index in [-0.39, 0.29) is 74.1 Å². The molecule has 4 heterocycles. The summed E-state index contributed by atoms with van der Waals surface area (Å²) >= 11 is 6.56. The van der Waals surface area contributed by atoms with E-state index in [1.54, 1.807) is 52.3 Å². The number of aromatic nitrogens is 1. The van der Waals surface area contributed by atoms with Gasteiger partial charge in [0.1, 0.15) is 17.5 Å². The van der Waals surface area contributed by atoms with Gasteiger partial charge in [-0.1, -0.05) is 38.1 Å². The maximum atomic E-state index is 14.4. The summed E-state index contributed by atoms with van der Waals surface area (Å²) in [5.74, 6) is -2.65. The van der Waals surface area contributed by atoms with Crippen molar-refractivity contribution in [3.63, 3.8) is 0 Å². The minimum atomic E-state index is -1.04. The Hall–Kier alpha value is -8.34. The van der Waals surface area contributed by atoms with Crippen LogP contribution in [0.3, 0.4) is 0 Å². The Bertz CT molecular complexity index is 3160. The zero-order chi connectivity index (χ0) is 56.3. The summed E-state index contributed by atoms with van der Waals surface area (Å²) in [6.45, 7) is 7.21. The van der Waals surface area contributed by atoms with Gasteiger partial charge in [0, 0.05) is 129 Å². The summed E-state index contributed by atoms with van der Waals surface area (Å²) < 4.78 is 6.06. The second kappa shape index (κ2) is 25.9. The number of amides is 10. The fraction of sp³-hybridized carbons (Fsp3) is 0.375. The highest BCUT2D eigenvalue weighted by molar-refractivity contribution is 6.19. The number of piperazine rings is 1. The van der Waals surface area contributed by atoms with Gasteiger partial charge >= 0.3 is 12.1 Å². The Kier molecular flexibility index (Phi) is 18.6. The molecule has 5 aromatic rings. The molecule has 0 aliphatic carbocycles. The zero-order valence-electron chi connectivity index (χ0n) is 44.2. The molecular weight excluding hydrogens is 1040 g/mol. The third kappa shape index (κ3) is 14.0. The van der Waals surface area contributed by atoms with Crippen LogP contribution in [0, 0.1) is 5.92 Å². The normalized spacial score (nSPS) is 16.0. The number of nitrogens with two attached hydrogens (primary N) is 1. The minimum absolute atomic E-state index is 0.0930. The molecule has 0 saturated carbocycles. The summed E-state index contributed by atoms with van der Waals surface area (Å²) in [5.41, 5.74) is 8.80. The number of likely N-dealkylation sites (N-methyl/N-ethyl adjacent to an activating group) is 1. The highest BCUT2D eigenvalue weighted by Gasteiger charge is 2.37. The van der Waals surface area contributed by atoms with Gasteiger partial charge in [-0.3, -0.25) is 38.5 Å². The summed E-state index contributed by atoms with van der Waals surface area (Å²) in [4.78, 5) is 126. The van der Waals surface area contributed by atoms with Gasteiger partial charge < -0.3 is 62.1 Å². The molecule has 3 aliphatic rings. The maximum absolute atomic E-state index is 14.4. The van der Waals surface area contributed by atoms with Crippen molar-refractivity contribution >= 4 is 104 Å². The number of nitrogens with one attached hydrogen (secondary N) is 7. The third-order valence-electron chi connectivity index (χ3n) is 14.1. The molecule has 1 aromatic heterocycles. The number of hydrogen-bond donors (Lipinski definition) is 8. The molecule has 1 fully saturated rings. The number of ether oxygens (including phenoxy) is 1. The van der Waals surface area contributed by atoms with Gasteiger partial charge in [0.2, 0.25) is 17.7 Å².